The van der Waals surface area contributed by atoms with Crippen LogP contribution in [-0.2, 0) is 0 Å². The second-order valence-corrected chi connectivity index (χ2v) is 10.0. The fourth-order valence-electron chi connectivity index (χ4n) is 3.63. The molecule has 6 N–H and O–H groups in total. The molecule has 10 nitrogen and oxygen atoms in total. The smallest absolute Gasteiger partial charge is 0.186 e. The molecule has 212 valence electrons. The summed E-state index contributed by atoms with van der Waals surface area (Å²) in [5.74, 6) is 0.614. The molecule has 0 unspecified atom stereocenters. The average molecular weight is 597 g/mol. The minimum atomic E-state index is 0.205. The molecule has 0 radical (unpaired) electrons. The van der Waals surface area contributed by atoms with Gasteiger partial charge >= 0.3 is 0 Å². The third kappa shape index (κ3) is 13.5. The Balaban J connectivity index is 1.35. The maximum atomic E-state index is 5.34. The molecular formula is C27H36N10S3. The summed E-state index contributed by atoms with van der Waals surface area (Å²) in [6, 6.07) is 0. The van der Waals surface area contributed by atoms with E-state index in [1.807, 2.05) is 55.1 Å². The molecule has 0 aliphatic heterocycles. The minimum Gasteiger partial charge on any atom is -0.360 e. The number of nitrogens with one attached hydrogen (secondary N) is 6. The minimum absolute atomic E-state index is 0.205. The SMILES string of the molecule is S=C(NCCN(CCNC(=S)N/N=C/C1C=CC=C1)CCNC(=S)N/N=C/C1C=CC=C1)N/N=C/C1C=CC=C1. The van der Waals surface area contributed by atoms with Crippen LogP contribution in [0.2, 0.25) is 0 Å². The van der Waals surface area contributed by atoms with Crippen molar-refractivity contribution in [3.8, 4) is 0 Å². The quantitative estimate of drug-likeness (QED) is 0.0952. The van der Waals surface area contributed by atoms with Gasteiger partial charge in [-0.05, 0) is 36.7 Å². The summed E-state index contributed by atoms with van der Waals surface area (Å²) >= 11 is 16.0. The number of allylic oxidation sites excluding steroid dienone is 12. The molecule has 0 saturated heterocycles. The van der Waals surface area contributed by atoms with Crippen LogP contribution in [-0.4, -0.2) is 78.1 Å². The largest absolute Gasteiger partial charge is 0.360 e. The molecule has 3 aliphatic rings. The Bertz CT molecular complexity index is 946. The van der Waals surface area contributed by atoms with Crippen LogP contribution in [0.4, 0.5) is 0 Å². The summed E-state index contributed by atoms with van der Waals surface area (Å²) in [7, 11) is 0. The molecule has 3 aliphatic carbocycles. The van der Waals surface area contributed by atoms with E-state index in [9.17, 15) is 0 Å². The molecule has 40 heavy (non-hydrogen) atoms. The summed E-state index contributed by atoms with van der Waals surface area (Å²) in [6.45, 7) is 4.20. The van der Waals surface area contributed by atoms with Crippen molar-refractivity contribution >= 4 is 70.6 Å². The third-order valence-electron chi connectivity index (χ3n) is 5.71. The lowest BCUT2D eigenvalue weighted by atomic mass is 10.2. The highest BCUT2D eigenvalue weighted by Crippen LogP contribution is 2.06. The number of nitrogens with zero attached hydrogens (tertiary/aromatic N) is 4. The molecule has 0 bridgehead atoms. The zero-order chi connectivity index (χ0) is 28.3. The monoisotopic (exact) mass is 596 g/mol. The molecule has 0 aromatic carbocycles. The number of hydrogen-bond donors (Lipinski definition) is 6. The van der Waals surface area contributed by atoms with Gasteiger partial charge in [0, 0.05) is 75.7 Å². The van der Waals surface area contributed by atoms with E-state index in [1.165, 1.54) is 0 Å². The number of thiocarbonyl (C=S) groups is 3. The van der Waals surface area contributed by atoms with Gasteiger partial charge < -0.3 is 16.0 Å². The van der Waals surface area contributed by atoms with E-state index in [1.54, 1.807) is 0 Å². The lowest BCUT2D eigenvalue weighted by Crippen LogP contribution is -2.45. The van der Waals surface area contributed by atoms with Crippen LogP contribution in [0.3, 0.4) is 0 Å². The maximum Gasteiger partial charge on any atom is 0.186 e. The Labute approximate surface area is 252 Å². The van der Waals surface area contributed by atoms with Gasteiger partial charge in [0.05, 0.1) is 0 Å². The van der Waals surface area contributed by atoms with Gasteiger partial charge in [-0.3, -0.25) is 21.2 Å². The summed E-state index contributed by atoms with van der Waals surface area (Å²) in [5.41, 5.74) is 8.59. The zero-order valence-corrected chi connectivity index (χ0v) is 24.6. The normalized spacial score (nSPS) is 16.4. The van der Waals surface area contributed by atoms with Crippen molar-refractivity contribution in [3.05, 3.63) is 72.9 Å². The van der Waals surface area contributed by atoms with Crippen molar-refractivity contribution in [3.63, 3.8) is 0 Å². The van der Waals surface area contributed by atoms with E-state index in [4.69, 9.17) is 36.7 Å². The molecule has 3 rings (SSSR count). The van der Waals surface area contributed by atoms with Crippen molar-refractivity contribution in [2.75, 3.05) is 39.3 Å². The first-order valence-corrected chi connectivity index (χ1v) is 14.3. The Morgan fingerprint density at radius 2 is 0.800 bits per heavy atom. The number of hydrazone groups is 3. The Morgan fingerprint density at radius 3 is 1.07 bits per heavy atom. The predicted octanol–water partition coefficient (Wildman–Crippen LogP) is 1.86. The first-order chi connectivity index (χ1) is 19.6. The summed E-state index contributed by atoms with van der Waals surface area (Å²) in [6.07, 6.45) is 29.7. The Morgan fingerprint density at radius 1 is 0.525 bits per heavy atom. The summed E-state index contributed by atoms with van der Waals surface area (Å²) < 4.78 is 0. The Hall–Kier alpha value is -3.52. The van der Waals surface area contributed by atoms with Gasteiger partial charge in [-0.25, -0.2) is 0 Å². The van der Waals surface area contributed by atoms with Crippen LogP contribution in [0.5, 0.6) is 0 Å². The van der Waals surface area contributed by atoms with Gasteiger partial charge in [-0.1, -0.05) is 72.9 Å². The Kier molecular flexibility index (Phi) is 14.5. The van der Waals surface area contributed by atoms with E-state index in [0.29, 0.717) is 35.0 Å². The van der Waals surface area contributed by atoms with Gasteiger partial charge in [0.1, 0.15) is 0 Å². The molecule has 0 atom stereocenters. The van der Waals surface area contributed by atoms with E-state index in [0.717, 1.165) is 19.6 Å². The van der Waals surface area contributed by atoms with Crippen LogP contribution >= 0.6 is 36.7 Å². The van der Waals surface area contributed by atoms with Crippen molar-refractivity contribution < 1.29 is 0 Å². The third-order valence-corrected chi connectivity index (χ3v) is 6.42. The van der Waals surface area contributed by atoms with Gasteiger partial charge in [0.25, 0.3) is 0 Å². The molecule has 0 spiro atoms. The summed E-state index contributed by atoms with van der Waals surface area (Å²) in [5, 5.41) is 23.6. The van der Waals surface area contributed by atoms with Crippen LogP contribution in [0.15, 0.2) is 88.2 Å². The van der Waals surface area contributed by atoms with E-state index in [-0.39, 0.29) is 17.8 Å². The van der Waals surface area contributed by atoms with Gasteiger partial charge in [0.15, 0.2) is 15.3 Å². The van der Waals surface area contributed by atoms with Crippen LogP contribution in [0.1, 0.15) is 0 Å². The summed E-state index contributed by atoms with van der Waals surface area (Å²) in [4.78, 5) is 2.27. The van der Waals surface area contributed by atoms with Gasteiger partial charge in [-0.15, -0.1) is 0 Å². The topological polar surface area (TPSA) is 112 Å². The van der Waals surface area contributed by atoms with Crippen LogP contribution in [0, 0.1) is 17.8 Å². The predicted molar refractivity (Wildman–Crippen MR) is 178 cm³/mol. The van der Waals surface area contributed by atoms with Crippen LogP contribution < -0.4 is 32.2 Å². The first kappa shape index (κ1) is 31.0. The zero-order valence-electron chi connectivity index (χ0n) is 22.1. The van der Waals surface area contributed by atoms with Crippen molar-refractivity contribution in [1.29, 1.82) is 0 Å². The van der Waals surface area contributed by atoms with Crippen molar-refractivity contribution in [2.45, 2.75) is 0 Å². The van der Waals surface area contributed by atoms with Gasteiger partial charge in [-0.2, -0.15) is 15.3 Å². The van der Waals surface area contributed by atoms with Gasteiger partial charge in [0.2, 0.25) is 0 Å². The van der Waals surface area contributed by atoms with Crippen LogP contribution in [0.25, 0.3) is 0 Å². The standard InChI is InChI=1S/C27H36N10S3/c38-25(34-31-19-22-7-1-2-8-22)28-13-16-37(17-14-29-26(39)35-32-20-23-9-3-4-10-23)18-15-30-27(40)36-33-21-24-11-5-6-12-24/h1-12,19-24H,13-18H2,(H2,28,34,38)(H2,29,35,39)(H2,30,36,40)/b31-19+,32-20+,33-21+. The first-order valence-electron chi connectivity index (χ1n) is 13.1. The fourth-order valence-corrected chi connectivity index (χ4v) is 4.09. The molecular weight excluding hydrogens is 561 g/mol. The molecule has 0 saturated carbocycles. The van der Waals surface area contributed by atoms with Crippen molar-refractivity contribution in [1.82, 2.24) is 37.1 Å². The molecule has 0 fully saturated rings. The molecule has 0 aromatic rings. The lowest BCUT2D eigenvalue weighted by Gasteiger charge is -2.23. The van der Waals surface area contributed by atoms with Crippen molar-refractivity contribution in [2.24, 2.45) is 33.1 Å². The van der Waals surface area contributed by atoms with E-state index >= 15 is 0 Å². The van der Waals surface area contributed by atoms with E-state index < -0.39 is 0 Å². The highest BCUT2D eigenvalue weighted by molar-refractivity contribution is 7.80. The highest BCUT2D eigenvalue weighted by atomic mass is 32.1. The molecule has 0 amide bonds. The number of rotatable bonds is 15. The maximum absolute atomic E-state index is 5.34. The number of hydrogen-bond acceptors (Lipinski definition) is 7. The molecule has 0 aromatic heterocycles. The average Bonchev–Trinajstić information content (AvgIpc) is 3.73. The van der Waals surface area contributed by atoms with E-state index in [2.05, 4.69) is 88.9 Å². The fraction of sp³-hybridized carbons (Fsp3) is 0.333. The molecule has 0 heterocycles. The second kappa shape index (κ2) is 18.7. The molecule has 13 heteroatoms. The second-order valence-electron chi connectivity index (χ2n) is 8.82. The lowest BCUT2D eigenvalue weighted by molar-refractivity contribution is 0.286. The highest BCUT2D eigenvalue weighted by Gasteiger charge is 2.07.